The second-order valence-electron chi connectivity index (χ2n) is 12.8. The van der Waals surface area contributed by atoms with Crippen LogP contribution in [0, 0.1) is 0 Å². The number of benzene rings is 6. The maximum Gasteiger partial charge on any atom is 0.160 e. The lowest BCUT2D eigenvalue weighted by molar-refractivity contribution is 0.854. The summed E-state index contributed by atoms with van der Waals surface area (Å²) < 4.78 is 1.19. The number of fused-ring (bicyclic) bond motifs is 1. The summed E-state index contributed by atoms with van der Waals surface area (Å²) in [6.07, 6.45) is 9.79. The molecule has 3 nitrogen and oxygen atoms in total. The van der Waals surface area contributed by atoms with Gasteiger partial charge in [0.2, 0.25) is 0 Å². The van der Waals surface area contributed by atoms with Crippen LogP contribution in [0.15, 0.2) is 182 Å². The van der Waals surface area contributed by atoms with E-state index >= 15 is 0 Å². The van der Waals surface area contributed by atoms with E-state index in [2.05, 4.69) is 170 Å². The summed E-state index contributed by atoms with van der Waals surface area (Å²) in [5.41, 5.74) is 13.1. The van der Waals surface area contributed by atoms with Crippen LogP contribution >= 0.6 is 11.3 Å². The second-order valence-corrected chi connectivity index (χ2v) is 13.9. The first-order valence-electron chi connectivity index (χ1n) is 17.3. The number of hydrogen-bond donors (Lipinski definition) is 0. The van der Waals surface area contributed by atoms with Crippen LogP contribution in [0.25, 0.3) is 76.9 Å². The van der Waals surface area contributed by atoms with Gasteiger partial charge in [-0.05, 0) is 52.4 Å². The zero-order valence-electron chi connectivity index (χ0n) is 27.9. The number of rotatable bonds is 7. The van der Waals surface area contributed by atoms with Gasteiger partial charge in [0.25, 0.3) is 0 Å². The van der Waals surface area contributed by atoms with Gasteiger partial charge in [0, 0.05) is 28.2 Å². The zero-order valence-corrected chi connectivity index (χ0v) is 28.7. The van der Waals surface area contributed by atoms with Gasteiger partial charge < -0.3 is 0 Å². The van der Waals surface area contributed by atoms with Gasteiger partial charge in [-0.15, -0.1) is 11.3 Å². The molecular formula is C47H33N3S. The molecule has 0 fully saturated rings. The average Bonchev–Trinajstić information content (AvgIpc) is 3.66. The lowest BCUT2D eigenvalue weighted by Crippen LogP contribution is -1.98. The van der Waals surface area contributed by atoms with E-state index in [0.29, 0.717) is 11.7 Å². The van der Waals surface area contributed by atoms with Crippen LogP contribution < -0.4 is 0 Å². The SMILES string of the molecule is C1=CCC(c2ccc(-c3cc(-c4ccc(-c5nc6ccccc6s5)cc4)nc(-c4ccc(-c5ccc(-c6ccccc6)cc5)cc4)n3)cc2)C=C1. The molecule has 9 rings (SSSR count). The van der Waals surface area contributed by atoms with E-state index in [1.807, 2.05) is 12.1 Å². The highest BCUT2D eigenvalue weighted by Crippen LogP contribution is 2.34. The molecule has 6 aromatic carbocycles. The molecule has 1 atom stereocenters. The van der Waals surface area contributed by atoms with E-state index in [0.717, 1.165) is 56.2 Å². The summed E-state index contributed by atoms with van der Waals surface area (Å²) in [6.45, 7) is 0. The van der Waals surface area contributed by atoms with Crippen LogP contribution in [0.3, 0.4) is 0 Å². The third-order valence-corrected chi connectivity index (χ3v) is 10.6. The van der Waals surface area contributed by atoms with Gasteiger partial charge >= 0.3 is 0 Å². The molecule has 0 bridgehead atoms. The van der Waals surface area contributed by atoms with Gasteiger partial charge in [0.05, 0.1) is 21.6 Å². The molecule has 0 amide bonds. The molecule has 0 aliphatic heterocycles. The van der Waals surface area contributed by atoms with Gasteiger partial charge in [-0.1, -0.05) is 164 Å². The second kappa shape index (κ2) is 13.6. The number of allylic oxidation sites excluding steroid dienone is 4. The zero-order chi connectivity index (χ0) is 34.0. The van der Waals surface area contributed by atoms with Crippen molar-refractivity contribution in [3.8, 4) is 66.7 Å². The largest absolute Gasteiger partial charge is 0.236 e. The fraction of sp³-hybridized carbons (Fsp3) is 0.0426. The van der Waals surface area contributed by atoms with Crippen molar-refractivity contribution < 1.29 is 0 Å². The molecular weight excluding hydrogens is 639 g/mol. The monoisotopic (exact) mass is 671 g/mol. The predicted molar refractivity (Wildman–Crippen MR) is 213 cm³/mol. The van der Waals surface area contributed by atoms with Crippen molar-refractivity contribution in [1.29, 1.82) is 0 Å². The molecule has 2 aromatic heterocycles. The van der Waals surface area contributed by atoms with Gasteiger partial charge in [-0.25, -0.2) is 15.0 Å². The van der Waals surface area contributed by atoms with Crippen LogP contribution in [0.4, 0.5) is 0 Å². The molecule has 242 valence electrons. The number of hydrogen-bond acceptors (Lipinski definition) is 4. The number of nitrogens with zero attached hydrogens (tertiary/aromatic N) is 3. The van der Waals surface area contributed by atoms with Crippen LogP contribution in [-0.4, -0.2) is 15.0 Å². The van der Waals surface area contributed by atoms with Crippen molar-refractivity contribution in [1.82, 2.24) is 15.0 Å². The molecule has 0 saturated carbocycles. The molecule has 51 heavy (non-hydrogen) atoms. The number of aromatic nitrogens is 3. The summed E-state index contributed by atoms with van der Waals surface area (Å²) in [5.74, 6) is 1.11. The molecule has 1 aliphatic rings. The molecule has 4 heteroatoms. The van der Waals surface area contributed by atoms with Crippen molar-refractivity contribution >= 4 is 21.6 Å². The highest BCUT2D eigenvalue weighted by atomic mass is 32.1. The highest BCUT2D eigenvalue weighted by Gasteiger charge is 2.14. The van der Waals surface area contributed by atoms with Crippen molar-refractivity contribution in [3.63, 3.8) is 0 Å². The van der Waals surface area contributed by atoms with Crippen LogP contribution in [0.2, 0.25) is 0 Å². The summed E-state index contributed by atoms with van der Waals surface area (Å²) in [5, 5.41) is 1.02. The van der Waals surface area contributed by atoms with E-state index in [1.165, 1.54) is 27.0 Å². The molecule has 0 spiro atoms. The first-order chi connectivity index (χ1) is 25.2. The molecule has 0 N–H and O–H groups in total. The van der Waals surface area contributed by atoms with E-state index < -0.39 is 0 Å². The predicted octanol–water partition coefficient (Wildman–Crippen LogP) is 12.7. The van der Waals surface area contributed by atoms with Crippen LogP contribution in [0.1, 0.15) is 17.9 Å². The Labute approximate surface area is 302 Å². The average molecular weight is 672 g/mol. The van der Waals surface area contributed by atoms with Crippen LogP contribution in [0.5, 0.6) is 0 Å². The highest BCUT2D eigenvalue weighted by molar-refractivity contribution is 7.21. The quantitative estimate of drug-likeness (QED) is 0.169. The Kier molecular flexibility index (Phi) is 8.20. The van der Waals surface area contributed by atoms with Crippen molar-refractivity contribution in [2.24, 2.45) is 0 Å². The minimum absolute atomic E-state index is 0.405. The normalized spacial score (nSPS) is 13.8. The van der Waals surface area contributed by atoms with Gasteiger partial charge in [0.1, 0.15) is 5.01 Å². The van der Waals surface area contributed by atoms with E-state index in [1.54, 1.807) is 11.3 Å². The number of thiazole rings is 1. The van der Waals surface area contributed by atoms with E-state index in [4.69, 9.17) is 15.0 Å². The van der Waals surface area contributed by atoms with Crippen molar-refractivity contribution in [3.05, 3.63) is 188 Å². The number of para-hydroxylation sites is 1. The summed E-state index contributed by atoms with van der Waals surface area (Å²) in [7, 11) is 0. The molecule has 0 saturated heterocycles. The Balaban J connectivity index is 1.05. The fourth-order valence-electron chi connectivity index (χ4n) is 6.68. The standard InChI is InChI=1S/C47H33N3S/c1-3-9-32(10-4-1)34-15-17-36(18-16-34)37-21-27-40(28-22-37)46-48-43(38-23-19-35(20-24-38)33-11-5-2-6-12-33)31-44(49-46)39-25-29-41(30-26-39)47-50-42-13-7-8-14-45(42)51-47/h1-11,13-31,33H,12H2. The fourth-order valence-corrected chi connectivity index (χ4v) is 7.65. The molecule has 2 heterocycles. The van der Waals surface area contributed by atoms with Gasteiger partial charge in [0.15, 0.2) is 5.82 Å². The Morgan fingerprint density at radius 3 is 1.59 bits per heavy atom. The minimum Gasteiger partial charge on any atom is -0.236 e. The first-order valence-corrected chi connectivity index (χ1v) is 18.1. The minimum atomic E-state index is 0.405. The molecule has 1 unspecified atom stereocenters. The summed E-state index contributed by atoms with van der Waals surface area (Å²) in [4.78, 5) is 15.1. The van der Waals surface area contributed by atoms with E-state index in [-0.39, 0.29) is 0 Å². The van der Waals surface area contributed by atoms with E-state index in [9.17, 15) is 0 Å². The van der Waals surface area contributed by atoms with Gasteiger partial charge in [-0.3, -0.25) is 0 Å². The lowest BCUT2D eigenvalue weighted by atomic mass is 9.91. The smallest absolute Gasteiger partial charge is 0.160 e. The first kappa shape index (κ1) is 30.8. The topological polar surface area (TPSA) is 38.7 Å². The maximum absolute atomic E-state index is 5.13. The molecule has 0 radical (unpaired) electrons. The Morgan fingerprint density at radius 2 is 0.980 bits per heavy atom. The Hall–Kier alpha value is -6.23. The summed E-state index contributed by atoms with van der Waals surface area (Å²) >= 11 is 1.72. The van der Waals surface area contributed by atoms with Gasteiger partial charge in [-0.2, -0.15) is 0 Å². The molecule has 8 aromatic rings. The maximum atomic E-state index is 5.13. The lowest BCUT2D eigenvalue weighted by Gasteiger charge is -2.14. The van der Waals surface area contributed by atoms with Crippen molar-refractivity contribution in [2.45, 2.75) is 12.3 Å². The third kappa shape index (κ3) is 6.45. The Bertz CT molecular complexity index is 2480. The van der Waals surface area contributed by atoms with Crippen LogP contribution in [-0.2, 0) is 0 Å². The Morgan fingerprint density at radius 1 is 0.451 bits per heavy atom. The third-order valence-electron chi connectivity index (χ3n) is 9.53. The molecule has 1 aliphatic carbocycles. The summed E-state index contributed by atoms with van der Waals surface area (Å²) in [6, 6.07) is 55.6. The van der Waals surface area contributed by atoms with Crippen molar-refractivity contribution in [2.75, 3.05) is 0 Å².